The van der Waals surface area contributed by atoms with E-state index in [0.717, 1.165) is 30.2 Å². The summed E-state index contributed by atoms with van der Waals surface area (Å²) < 4.78 is 5.15. The van der Waals surface area contributed by atoms with E-state index in [4.69, 9.17) is 4.74 Å². The molecule has 0 atom stereocenters. The van der Waals surface area contributed by atoms with E-state index in [9.17, 15) is 4.79 Å². The Morgan fingerprint density at radius 1 is 1.04 bits per heavy atom. The number of methoxy groups -OCH3 is 1. The van der Waals surface area contributed by atoms with E-state index in [-0.39, 0.29) is 5.91 Å². The summed E-state index contributed by atoms with van der Waals surface area (Å²) in [6, 6.07) is 16.5. The van der Waals surface area contributed by atoms with Gasteiger partial charge < -0.3 is 15.0 Å². The zero-order chi connectivity index (χ0) is 18.2. The number of ether oxygens (including phenoxy) is 1. The van der Waals surface area contributed by atoms with Gasteiger partial charge in [0.15, 0.2) is 0 Å². The van der Waals surface area contributed by atoms with Gasteiger partial charge in [-0.2, -0.15) is 0 Å². The van der Waals surface area contributed by atoms with E-state index in [1.807, 2.05) is 24.3 Å². The molecular formula is C21H26N2O2S. The lowest BCUT2D eigenvalue weighted by molar-refractivity contribution is -0.118. The number of hydrogen-bond acceptors (Lipinski definition) is 4. The van der Waals surface area contributed by atoms with E-state index < -0.39 is 0 Å². The third-order valence-corrected chi connectivity index (χ3v) is 5.56. The van der Waals surface area contributed by atoms with Crippen LogP contribution in [0.4, 0.5) is 5.69 Å². The van der Waals surface area contributed by atoms with E-state index in [1.165, 1.54) is 24.1 Å². The van der Waals surface area contributed by atoms with E-state index in [1.54, 1.807) is 18.9 Å². The number of carbonyl (C=O) groups excluding carboxylic acids is 1. The fraction of sp³-hybridized carbons (Fsp3) is 0.381. The molecule has 3 rings (SSSR count). The Morgan fingerprint density at radius 2 is 1.69 bits per heavy atom. The van der Waals surface area contributed by atoms with Crippen LogP contribution in [-0.2, 0) is 17.1 Å². The summed E-state index contributed by atoms with van der Waals surface area (Å²) in [5.41, 5.74) is 3.62. The normalized spacial score (nSPS) is 13.7. The van der Waals surface area contributed by atoms with Gasteiger partial charge in [0.05, 0.1) is 12.9 Å². The van der Waals surface area contributed by atoms with Crippen LogP contribution in [0.2, 0.25) is 0 Å². The maximum atomic E-state index is 12.0. The lowest BCUT2D eigenvalue weighted by atomic mass is 10.2. The first-order valence-corrected chi connectivity index (χ1v) is 10.2. The summed E-state index contributed by atoms with van der Waals surface area (Å²) in [6.45, 7) is 2.89. The predicted molar refractivity (Wildman–Crippen MR) is 109 cm³/mol. The Morgan fingerprint density at radius 3 is 2.35 bits per heavy atom. The second kappa shape index (κ2) is 9.53. The van der Waals surface area contributed by atoms with Gasteiger partial charge in [-0.1, -0.05) is 24.3 Å². The Labute approximate surface area is 159 Å². The average Bonchev–Trinajstić information content (AvgIpc) is 3.22. The number of hydrogen-bond donors (Lipinski definition) is 1. The molecule has 1 saturated heterocycles. The van der Waals surface area contributed by atoms with Crippen LogP contribution in [-0.4, -0.2) is 31.9 Å². The van der Waals surface area contributed by atoms with Crippen LogP contribution in [0.1, 0.15) is 24.0 Å². The molecule has 0 bridgehead atoms. The topological polar surface area (TPSA) is 41.6 Å². The number of carbonyl (C=O) groups is 1. The standard InChI is InChI=1S/C21H26N2O2S/c1-25-20-10-6-18(7-11-20)15-26-16-21(24)22-14-17-4-8-19(9-5-17)23-12-2-3-13-23/h4-11H,2-3,12-16H2,1H3,(H,22,24). The Balaban J connectivity index is 1.36. The molecule has 1 N–H and O–H groups in total. The molecule has 0 aliphatic carbocycles. The van der Waals surface area contributed by atoms with Gasteiger partial charge in [-0.25, -0.2) is 0 Å². The van der Waals surface area contributed by atoms with Crippen LogP contribution in [0.15, 0.2) is 48.5 Å². The molecule has 26 heavy (non-hydrogen) atoms. The van der Waals surface area contributed by atoms with Crippen molar-refractivity contribution in [3.05, 3.63) is 59.7 Å². The molecule has 0 unspecified atom stereocenters. The summed E-state index contributed by atoms with van der Waals surface area (Å²) in [7, 11) is 1.66. The van der Waals surface area contributed by atoms with Gasteiger partial charge in [-0.05, 0) is 48.2 Å². The average molecular weight is 371 g/mol. The van der Waals surface area contributed by atoms with Crippen molar-refractivity contribution in [2.75, 3.05) is 30.9 Å². The van der Waals surface area contributed by atoms with Crippen molar-refractivity contribution < 1.29 is 9.53 Å². The van der Waals surface area contributed by atoms with Crippen LogP contribution in [0.5, 0.6) is 5.75 Å². The lowest BCUT2D eigenvalue weighted by Crippen LogP contribution is -2.24. The third-order valence-electron chi connectivity index (χ3n) is 4.56. The minimum absolute atomic E-state index is 0.0760. The molecule has 138 valence electrons. The lowest BCUT2D eigenvalue weighted by Gasteiger charge is -2.17. The molecule has 2 aromatic carbocycles. The zero-order valence-electron chi connectivity index (χ0n) is 15.2. The number of thioether (sulfide) groups is 1. The van der Waals surface area contributed by atoms with Gasteiger partial charge in [-0.3, -0.25) is 4.79 Å². The molecule has 1 aliphatic rings. The van der Waals surface area contributed by atoms with E-state index >= 15 is 0 Å². The Kier molecular flexibility index (Phi) is 6.83. The van der Waals surface area contributed by atoms with Gasteiger partial charge in [0.2, 0.25) is 5.91 Å². The van der Waals surface area contributed by atoms with Crippen LogP contribution >= 0.6 is 11.8 Å². The quantitative estimate of drug-likeness (QED) is 0.766. The molecule has 0 aromatic heterocycles. The molecule has 0 radical (unpaired) electrons. The molecule has 1 fully saturated rings. The molecule has 4 nitrogen and oxygen atoms in total. The van der Waals surface area contributed by atoms with Gasteiger partial charge >= 0.3 is 0 Å². The van der Waals surface area contributed by atoms with E-state index in [2.05, 4.69) is 34.5 Å². The largest absolute Gasteiger partial charge is 0.497 e. The maximum absolute atomic E-state index is 12.0. The fourth-order valence-corrected chi connectivity index (χ4v) is 3.85. The third kappa shape index (κ3) is 5.43. The summed E-state index contributed by atoms with van der Waals surface area (Å²) in [5.74, 6) is 2.22. The Hall–Kier alpha value is -2.14. The predicted octanol–water partition coefficient (Wildman–Crippen LogP) is 3.85. The van der Waals surface area contributed by atoms with Crippen molar-refractivity contribution in [2.45, 2.75) is 25.1 Å². The van der Waals surface area contributed by atoms with Crippen molar-refractivity contribution >= 4 is 23.4 Å². The summed E-state index contributed by atoms with van der Waals surface area (Å²) in [6.07, 6.45) is 2.57. The first-order chi connectivity index (χ1) is 12.7. The molecule has 2 aromatic rings. The fourth-order valence-electron chi connectivity index (χ4n) is 3.03. The van der Waals surface area contributed by atoms with Crippen LogP contribution in [0.25, 0.3) is 0 Å². The molecule has 0 saturated carbocycles. The first-order valence-electron chi connectivity index (χ1n) is 9.06. The zero-order valence-corrected chi connectivity index (χ0v) is 16.1. The van der Waals surface area contributed by atoms with Crippen molar-refractivity contribution in [2.24, 2.45) is 0 Å². The molecule has 1 aliphatic heterocycles. The number of nitrogens with one attached hydrogen (secondary N) is 1. The summed E-state index contributed by atoms with van der Waals surface area (Å²) in [4.78, 5) is 14.4. The van der Waals surface area contributed by atoms with E-state index in [0.29, 0.717) is 12.3 Å². The molecule has 5 heteroatoms. The van der Waals surface area contributed by atoms with Crippen LogP contribution in [0, 0.1) is 0 Å². The maximum Gasteiger partial charge on any atom is 0.230 e. The van der Waals surface area contributed by atoms with Gasteiger partial charge in [0, 0.05) is 31.1 Å². The minimum atomic E-state index is 0.0760. The highest BCUT2D eigenvalue weighted by Gasteiger charge is 2.11. The van der Waals surface area contributed by atoms with Gasteiger partial charge in [-0.15, -0.1) is 11.8 Å². The van der Waals surface area contributed by atoms with Crippen molar-refractivity contribution in [1.29, 1.82) is 0 Å². The number of benzene rings is 2. The number of rotatable bonds is 8. The highest BCUT2D eigenvalue weighted by molar-refractivity contribution is 7.99. The molecule has 1 amide bonds. The second-order valence-electron chi connectivity index (χ2n) is 6.48. The molecule has 1 heterocycles. The summed E-state index contributed by atoms with van der Waals surface area (Å²) >= 11 is 1.62. The monoisotopic (exact) mass is 370 g/mol. The summed E-state index contributed by atoms with van der Waals surface area (Å²) in [5, 5.41) is 3.00. The number of amides is 1. The molecule has 0 spiro atoms. The smallest absolute Gasteiger partial charge is 0.230 e. The highest BCUT2D eigenvalue weighted by Crippen LogP contribution is 2.20. The van der Waals surface area contributed by atoms with Gasteiger partial charge in [0.1, 0.15) is 5.75 Å². The minimum Gasteiger partial charge on any atom is -0.497 e. The van der Waals surface area contributed by atoms with Crippen molar-refractivity contribution in [3.63, 3.8) is 0 Å². The second-order valence-corrected chi connectivity index (χ2v) is 7.46. The van der Waals surface area contributed by atoms with Crippen molar-refractivity contribution in [1.82, 2.24) is 5.32 Å². The van der Waals surface area contributed by atoms with Crippen LogP contribution < -0.4 is 15.0 Å². The first kappa shape index (κ1) is 18.6. The number of nitrogens with zero attached hydrogens (tertiary/aromatic N) is 1. The van der Waals surface area contributed by atoms with Gasteiger partial charge in [0.25, 0.3) is 0 Å². The van der Waals surface area contributed by atoms with Crippen LogP contribution in [0.3, 0.4) is 0 Å². The Bertz CT molecular complexity index is 695. The highest BCUT2D eigenvalue weighted by atomic mass is 32.2. The van der Waals surface area contributed by atoms with Crippen molar-refractivity contribution in [3.8, 4) is 5.75 Å². The number of anilines is 1. The SMILES string of the molecule is COc1ccc(CSCC(=O)NCc2ccc(N3CCCC3)cc2)cc1. The molecular weight excluding hydrogens is 344 g/mol.